The maximum atomic E-state index is 4.22. The van der Waals surface area contributed by atoms with Crippen molar-refractivity contribution < 1.29 is 0 Å². The minimum absolute atomic E-state index is 0.927. The molecule has 1 rings (SSSR count). The molecule has 0 saturated carbocycles. The summed E-state index contributed by atoms with van der Waals surface area (Å²) in [5, 5.41) is 0. The maximum absolute atomic E-state index is 4.22. The van der Waals surface area contributed by atoms with Crippen molar-refractivity contribution in [3.63, 3.8) is 0 Å². The lowest BCUT2D eigenvalue weighted by Gasteiger charge is -1.99. The van der Waals surface area contributed by atoms with Gasteiger partial charge in [0.05, 0.1) is 5.69 Å². The van der Waals surface area contributed by atoms with Crippen molar-refractivity contribution >= 4 is 5.57 Å². The summed E-state index contributed by atoms with van der Waals surface area (Å²) >= 11 is 0. The molecule has 0 spiro atoms. The van der Waals surface area contributed by atoms with E-state index in [0.717, 1.165) is 11.3 Å². The van der Waals surface area contributed by atoms with Crippen molar-refractivity contribution in [2.24, 2.45) is 0 Å². The van der Waals surface area contributed by atoms with E-state index >= 15 is 0 Å². The Morgan fingerprint density at radius 3 is 2.79 bits per heavy atom. The van der Waals surface area contributed by atoms with Crippen LogP contribution in [0.15, 0.2) is 54.8 Å². The molecule has 0 saturated heterocycles. The fourth-order valence-corrected chi connectivity index (χ4v) is 1.21. The van der Waals surface area contributed by atoms with Crippen LogP contribution in [0.3, 0.4) is 0 Å². The Morgan fingerprint density at radius 1 is 1.43 bits per heavy atom. The molecule has 1 heterocycles. The average molecular weight is 185 g/mol. The average Bonchev–Trinajstić information content (AvgIpc) is 2.19. The molecule has 0 fully saturated rings. The van der Waals surface area contributed by atoms with Gasteiger partial charge in [-0.25, -0.2) is 0 Å². The molecule has 1 heteroatoms. The van der Waals surface area contributed by atoms with Crippen LogP contribution in [-0.2, 0) is 0 Å². The van der Waals surface area contributed by atoms with Gasteiger partial charge in [0, 0.05) is 6.20 Å². The topological polar surface area (TPSA) is 12.9 Å². The van der Waals surface area contributed by atoms with Gasteiger partial charge in [0.1, 0.15) is 0 Å². The first-order valence-electron chi connectivity index (χ1n) is 4.65. The van der Waals surface area contributed by atoms with Crippen LogP contribution in [0.1, 0.15) is 19.5 Å². The van der Waals surface area contributed by atoms with Gasteiger partial charge in [-0.3, -0.25) is 4.98 Å². The summed E-state index contributed by atoms with van der Waals surface area (Å²) in [6.07, 6.45) is 7.87. The highest BCUT2D eigenvalue weighted by Crippen LogP contribution is 2.12. The van der Waals surface area contributed by atoms with Crippen molar-refractivity contribution in [1.29, 1.82) is 0 Å². The van der Waals surface area contributed by atoms with Crippen molar-refractivity contribution in [2.45, 2.75) is 13.8 Å². The fourth-order valence-electron chi connectivity index (χ4n) is 1.21. The first kappa shape index (κ1) is 10.5. The summed E-state index contributed by atoms with van der Waals surface area (Å²) < 4.78 is 0. The summed E-state index contributed by atoms with van der Waals surface area (Å²) in [5.74, 6) is 0. The van der Waals surface area contributed by atoms with Crippen molar-refractivity contribution in [1.82, 2.24) is 4.98 Å². The van der Waals surface area contributed by atoms with E-state index in [-0.39, 0.29) is 0 Å². The second-order valence-electron chi connectivity index (χ2n) is 3.13. The van der Waals surface area contributed by atoms with E-state index < -0.39 is 0 Å². The highest BCUT2D eigenvalue weighted by Gasteiger charge is 1.94. The molecule has 1 aromatic heterocycles. The molecule has 1 aromatic rings. The van der Waals surface area contributed by atoms with Crippen LogP contribution in [0.4, 0.5) is 0 Å². The number of nitrogens with zero attached hydrogens (tertiary/aromatic N) is 1. The van der Waals surface area contributed by atoms with E-state index in [0.29, 0.717) is 0 Å². The largest absolute Gasteiger partial charge is 0.256 e. The van der Waals surface area contributed by atoms with Crippen LogP contribution in [0.2, 0.25) is 0 Å². The van der Waals surface area contributed by atoms with E-state index in [1.54, 1.807) is 6.20 Å². The Kier molecular flexibility index (Phi) is 3.86. The van der Waals surface area contributed by atoms with E-state index in [4.69, 9.17) is 0 Å². The van der Waals surface area contributed by atoms with E-state index in [9.17, 15) is 0 Å². The van der Waals surface area contributed by atoms with Gasteiger partial charge in [0.25, 0.3) is 0 Å². The summed E-state index contributed by atoms with van der Waals surface area (Å²) in [6.45, 7) is 8.02. The third-order valence-corrected chi connectivity index (χ3v) is 1.83. The lowest BCUT2D eigenvalue weighted by molar-refractivity contribution is 1.28. The molecule has 0 unspecified atom stereocenters. The molecule has 0 aliphatic carbocycles. The second-order valence-corrected chi connectivity index (χ2v) is 3.13. The molecule has 0 aliphatic heterocycles. The molecule has 0 atom stereocenters. The number of hydrogen-bond acceptors (Lipinski definition) is 1. The molecule has 72 valence electrons. The third kappa shape index (κ3) is 3.02. The minimum Gasteiger partial charge on any atom is -0.256 e. The van der Waals surface area contributed by atoms with Gasteiger partial charge in [-0.15, -0.1) is 0 Å². The van der Waals surface area contributed by atoms with Gasteiger partial charge in [0.2, 0.25) is 0 Å². The predicted octanol–water partition coefficient (Wildman–Crippen LogP) is 3.62. The van der Waals surface area contributed by atoms with E-state index in [1.165, 1.54) is 5.57 Å². The van der Waals surface area contributed by atoms with Crippen molar-refractivity contribution in [3.8, 4) is 0 Å². The molecule has 0 aromatic carbocycles. The molecule has 0 bridgehead atoms. The van der Waals surface area contributed by atoms with Gasteiger partial charge in [-0.1, -0.05) is 36.4 Å². The molecule has 14 heavy (non-hydrogen) atoms. The van der Waals surface area contributed by atoms with Crippen molar-refractivity contribution in [2.75, 3.05) is 0 Å². The van der Waals surface area contributed by atoms with Crippen LogP contribution in [-0.4, -0.2) is 4.98 Å². The number of aromatic nitrogens is 1. The first-order chi connectivity index (χ1) is 6.74. The van der Waals surface area contributed by atoms with E-state index in [2.05, 4.69) is 11.6 Å². The summed E-state index contributed by atoms with van der Waals surface area (Å²) in [6, 6.07) is 5.83. The molecule has 1 nitrogen and oxygen atoms in total. The molecule has 0 amide bonds. The van der Waals surface area contributed by atoms with E-state index in [1.807, 2.05) is 50.3 Å². The molecular formula is C13H15N. The third-order valence-electron chi connectivity index (χ3n) is 1.83. The first-order valence-corrected chi connectivity index (χ1v) is 4.65. The zero-order chi connectivity index (χ0) is 10.4. The van der Waals surface area contributed by atoms with Crippen LogP contribution < -0.4 is 0 Å². The van der Waals surface area contributed by atoms with Gasteiger partial charge in [-0.05, 0) is 31.6 Å². The molecular weight excluding hydrogens is 170 g/mol. The summed E-state index contributed by atoms with van der Waals surface area (Å²) in [7, 11) is 0. The smallest absolute Gasteiger partial charge is 0.0696 e. The van der Waals surface area contributed by atoms with Crippen LogP contribution >= 0.6 is 0 Å². The van der Waals surface area contributed by atoms with Crippen LogP contribution in [0.5, 0.6) is 0 Å². The Morgan fingerprint density at radius 2 is 2.21 bits per heavy atom. The summed E-state index contributed by atoms with van der Waals surface area (Å²) in [5.41, 5.74) is 3.06. The minimum atomic E-state index is 0.927. The molecule has 0 radical (unpaired) electrons. The van der Waals surface area contributed by atoms with Crippen LogP contribution in [0.25, 0.3) is 5.57 Å². The highest BCUT2D eigenvalue weighted by molar-refractivity contribution is 5.70. The molecule has 0 aliphatic rings. The van der Waals surface area contributed by atoms with Gasteiger partial charge in [-0.2, -0.15) is 0 Å². The number of hydrogen-bond donors (Lipinski definition) is 0. The van der Waals surface area contributed by atoms with Crippen LogP contribution in [0, 0.1) is 0 Å². The number of allylic oxidation sites excluding steroid dienone is 5. The Labute approximate surface area is 85.5 Å². The maximum Gasteiger partial charge on any atom is 0.0696 e. The zero-order valence-corrected chi connectivity index (χ0v) is 8.70. The molecule has 0 N–H and O–H groups in total. The normalized spacial score (nSPS) is 12.0. The van der Waals surface area contributed by atoms with Gasteiger partial charge < -0.3 is 0 Å². The number of rotatable bonds is 3. The lowest BCUT2D eigenvalue weighted by Crippen LogP contribution is -1.84. The van der Waals surface area contributed by atoms with Gasteiger partial charge >= 0.3 is 0 Å². The standard InChI is InChI=1S/C13H15N/c1-4-7-11(2)10-12(3)13-8-5-6-9-14-13/h4-10H,3H2,1-2H3/b7-4-,11-10-. The van der Waals surface area contributed by atoms with Gasteiger partial charge in [0.15, 0.2) is 0 Å². The Bertz CT molecular complexity index is 358. The zero-order valence-electron chi connectivity index (χ0n) is 8.70. The highest BCUT2D eigenvalue weighted by atomic mass is 14.7. The Hall–Kier alpha value is -1.63. The fraction of sp³-hybridized carbons (Fsp3) is 0.154. The lowest BCUT2D eigenvalue weighted by atomic mass is 10.1. The summed E-state index contributed by atoms with van der Waals surface area (Å²) in [4.78, 5) is 4.22. The monoisotopic (exact) mass is 185 g/mol. The quantitative estimate of drug-likeness (QED) is 0.655. The van der Waals surface area contributed by atoms with Crippen molar-refractivity contribution in [3.05, 3.63) is 60.5 Å². The SMILES string of the molecule is C=C(/C=C(C)\C=C/C)c1ccccn1. The number of pyridine rings is 1. The predicted molar refractivity (Wildman–Crippen MR) is 61.8 cm³/mol. The second kappa shape index (κ2) is 5.18. The Balaban J connectivity index is 2.83.